The number of rotatable bonds is 6. The second kappa shape index (κ2) is 7.15. The first-order chi connectivity index (χ1) is 12.5. The van der Waals surface area contributed by atoms with Crippen molar-refractivity contribution in [3.8, 4) is 0 Å². The summed E-state index contributed by atoms with van der Waals surface area (Å²) in [7, 11) is 0. The van der Waals surface area contributed by atoms with Crippen LogP contribution in [0, 0.1) is 0 Å². The molecule has 3 amide bonds. The molecule has 0 aromatic heterocycles. The van der Waals surface area contributed by atoms with Gasteiger partial charge in [-0.3, -0.25) is 14.5 Å². The molecule has 1 N–H and O–H groups in total. The number of fused-ring (bicyclic) bond motifs is 1. The quantitative estimate of drug-likeness (QED) is 0.639. The van der Waals surface area contributed by atoms with Gasteiger partial charge in [0.25, 0.3) is 5.91 Å². The van der Waals surface area contributed by atoms with Crippen molar-refractivity contribution in [2.45, 2.75) is 32.2 Å². The van der Waals surface area contributed by atoms with Crippen molar-refractivity contribution in [1.82, 2.24) is 10.2 Å². The molecule has 6 heteroatoms. The number of amides is 3. The fourth-order valence-electron chi connectivity index (χ4n) is 3.36. The standard InChI is InChI=1S/C20H22N2O4/c1-3-26-17(23)12-7-13-22-18(24)20(2,21-19(22)25)16-11-6-9-14-8-4-5-10-15(14)16/h4-6,8-11H,3,7,12-13H2,1-2H3,(H,21,25)/t20-/m1/s1. The molecule has 0 unspecified atom stereocenters. The lowest BCUT2D eigenvalue weighted by atomic mass is 9.88. The van der Waals surface area contributed by atoms with Crippen molar-refractivity contribution >= 4 is 28.7 Å². The van der Waals surface area contributed by atoms with E-state index in [1.807, 2.05) is 42.5 Å². The Bertz CT molecular complexity index is 859. The molecule has 6 nitrogen and oxygen atoms in total. The zero-order valence-electron chi connectivity index (χ0n) is 15.0. The fourth-order valence-corrected chi connectivity index (χ4v) is 3.36. The Morgan fingerprint density at radius 3 is 2.65 bits per heavy atom. The Balaban J connectivity index is 1.82. The van der Waals surface area contributed by atoms with Gasteiger partial charge in [0.1, 0.15) is 5.54 Å². The van der Waals surface area contributed by atoms with E-state index in [-0.39, 0.29) is 24.8 Å². The van der Waals surface area contributed by atoms with E-state index in [1.165, 1.54) is 4.90 Å². The molecule has 1 atom stereocenters. The highest BCUT2D eigenvalue weighted by Crippen LogP contribution is 2.33. The van der Waals surface area contributed by atoms with E-state index in [1.54, 1.807) is 13.8 Å². The molecule has 136 valence electrons. The second-order valence-electron chi connectivity index (χ2n) is 6.45. The summed E-state index contributed by atoms with van der Waals surface area (Å²) < 4.78 is 4.88. The number of nitrogens with zero attached hydrogens (tertiary/aromatic N) is 1. The summed E-state index contributed by atoms with van der Waals surface area (Å²) in [5.41, 5.74) is -0.358. The number of carbonyl (C=O) groups excluding carboxylic acids is 3. The van der Waals surface area contributed by atoms with Gasteiger partial charge in [0, 0.05) is 13.0 Å². The first-order valence-electron chi connectivity index (χ1n) is 8.75. The third-order valence-electron chi connectivity index (χ3n) is 4.67. The maximum absolute atomic E-state index is 13.0. The lowest BCUT2D eigenvalue weighted by Crippen LogP contribution is -2.41. The zero-order valence-corrected chi connectivity index (χ0v) is 15.0. The maximum Gasteiger partial charge on any atom is 0.325 e. The van der Waals surface area contributed by atoms with E-state index in [0.717, 1.165) is 16.3 Å². The molecule has 1 aliphatic heterocycles. The highest BCUT2D eigenvalue weighted by Gasteiger charge is 2.49. The minimum Gasteiger partial charge on any atom is -0.466 e. The molecular weight excluding hydrogens is 332 g/mol. The highest BCUT2D eigenvalue weighted by atomic mass is 16.5. The van der Waals surface area contributed by atoms with Crippen molar-refractivity contribution < 1.29 is 19.1 Å². The van der Waals surface area contributed by atoms with Gasteiger partial charge in [0.15, 0.2) is 0 Å². The number of carbonyl (C=O) groups is 3. The third-order valence-corrected chi connectivity index (χ3v) is 4.67. The Labute approximate surface area is 152 Å². The number of nitrogens with one attached hydrogen (secondary N) is 1. The molecule has 0 saturated carbocycles. The largest absolute Gasteiger partial charge is 0.466 e. The topological polar surface area (TPSA) is 75.7 Å². The Kier molecular flexibility index (Phi) is 4.93. The first kappa shape index (κ1) is 17.9. The Morgan fingerprint density at radius 2 is 1.88 bits per heavy atom. The Morgan fingerprint density at radius 1 is 1.15 bits per heavy atom. The van der Waals surface area contributed by atoms with Crippen LogP contribution in [0.15, 0.2) is 42.5 Å². The van der Waals surface area contributed by atoms with Gasteiger partial charge in [0.05, 0.1) is 6.61 Å². The van der Waals surface area contributed by atoms with Crippen LogP contribution in [-0.2, 0) is 19.9 Å². The molecule has 2 aromatic carbocycles. The van der Waals surface area contributed by atoms with Crippen LogP contribution >= 0.6 is 0 Å². The number of ether oxygens (including phenoxy) is 1. The molecule has 1 aliphatic rings. The lowest BCUT2D eigenvalue weighted by Gasteiger charge is -2.24. The summed E-state index contributed by atoms with van der Waals surface area (Å²) in [6.07, 6.45) is 0.555. The van der Waals surface area contributed by atoms with Gasteiger partial charge < -0.3 is 10.1 Å². The molecule has 0 aliphatic carbocycles. The molecule has 3 rings (SSSR count). The monoisotopic (exact) mass is 354 g/mol. The van der Waals surface area contributed by atoms with E-state index in [4.69, 9.17) is 4.74 Å². The minimum absolute atomic E-state index is 0.176. The average Bonchev–Trinajstić information content (AvgIpc) is 2.85. The van der Waals surface area contributed by atoms with Crippen molar-refractivity contribution in [2.75, 3.05) is 13.2 Å². The van der Waals surface area contributed by atoms with Crippen LogP contribution in [0.1, 0.15) is 32.3 Å². The minimum atomic E-state index is -1.12. The molecule has 2 aromatic rings. The summed E-state index contributed by atoms with van der Waals surface area (Å²) in [6.45, 7) is 3.97. The average molecular weight is 354 g/mol. The van der Waals surface area contributed by atoms with Gasteiger partial charge in [-0.15, -0.1) is 0 Å². The molecule has 26 heavy (non-hydrogen) atoms. The van der Waals surface area contributed by atoms with Gasteiger partial charge >= 0.3 is 12.0 Å². The molecule has 0 bridgehead atoms. The smallest absolute Gasteiger partial charge is 0.325 e. The number of hydrogen-bond acceptors (Lipinski definition) is 4. The van der Waals surface area contributed by atoms with Crippen molar-refractivity contribution in [1.29, 1.82) is 0 Å². The van der Waals surface area contributed by atoms with Crippen LogP contribution in [0.2, 0.25) is 0 Å². The van der Waals surface area contributed by atoms with E-state index >= 15 is 0 Å². The van der Waals surface area contributed by atoms with E-state index in [2.05, 4.69) is 5.32 Å². The van der Waals surface area contributed by atoms with Crippen molar-refractivity contribution in [2.24, 2.45) is 0 Å². The lowest BCUT2D eigenvalue weighted by molar-refractivity contribution is -0.143. The normalized spacial score (nSPS) is 19.7. The van der Waals surface area contributed by atoms with Crippen LogP contribution in [-0.4, -0.2) is 36.0 Å². The number of hydrogen-bond donors (Lipinski definition) is 1. The number of benzene rings is 2. The predicted molar refractivity (Wildman–Crippen MR) is 97.4 cm³/mol. The maximum atomic E-state index is 13.0. The van der Waals surface area contributed by atoms with Crippen molar-refractivity contribution in [3.05, 3.63) is 48.0 Å². The molecule has 0 radical (unpaired) electrons. The van der Waals surface area contributed by atoms with Crippen molar-refractivity contribution in [3.63, 3.8) is 0 Å². The van der Waals surface area contributed by atoms with E-state index in [0.29, 0.717) is 13.0 Å². The van der Waals surface area contributed by atoms with Crippen LogP contribution in [0.5, 0.6) is 0 Å². The third kappa shape index (κ3) is 3.14. The van der Waals surface area contributed by atoms with Gasteiger partial charge in [-0.2, -0.15) is 0 Å². The molecule has 0 spiro atoms. The predicted octanol–water partition coefficient (Wildman–Crippen LogP) is 2.95. The summed E-state index contributed by atoms with van der Waals surface area (Å²) in [5, 5.41) is 4.76. The van der Waals surface area contributed by atoms with E-state index < -0.39 is 11.6 Å². The van der Waals surface area contributed by atoms with Gasteiger partial charge in [0.2, 0.25) is 0 Å². The second-order valence-corrected chi connectivity index (χ2v) is 6.45. The van der Waals surface area contributed by atoms with Crippen LogP contribution in [0.25, 0.3) is 10.8 Å². The van der Waals surface area contributed by atoms with Gasteiger partial charge in [-0.05, 0) is 36.6 Å². The summed E-state index contributed by atoms with van der Waals surface area (Å²) in [4.78, 5) is 38.0. The van der Waals surface area contributed by atoms with Crippen LogP contribution in [0.3, 0.4) is 0 Å². The summed E-state index contributed by atoms with van der Waals surface area (Å²) in [5.74, 6) is -0.626. The zero-order chi connectivity index (χ0) is 18.7. The number of esters is 1. The molecule has 1 fully saturated rings. The van der Waals surface area contributed by atoms with E-state index in [9.17, 15) is 14.4 Å². The number of imide groups is 1. The summed E-state index contributed by atoms with van der Waals surface area (Å²) >= 11 is 0. The fraction of sp³-hybridized carbons (Fsp3) is 0.350. The van der Waals surface area contributed by atoms with Crippen LogP contribution in [0.4, 0.5) is 4.79 Å². The Hall–Kier alpha value is -2.89. The number of urea groups is 1. The summed E-state index contributed by atoms with van der Waals surface area (Å²) in [6, 6.07) is 13.0. The van der Waals surface area contributed by atoms with Crippen LogP contribution < -0.4 is 5.32 Å². The molecular formula is C20H22N2O4. The molecule has 1 saturated heterocycles. The molecule has 1 heterocycles. The SMILES string of the molecule is CCOC(=O)CCCN1C(=O)N[C@](C)(c2cccc3ccccc23)C1=O. The first-order valence-corrected chi connectivity index (χ1v) is 8.75. The van der Waals surface area contributed by atoms with Gasteiger partial charge in [-0.25, -0.2) is 4.79 Å². The highest BCUT2D eigenvalue weighted by molar-refractivity contribution is 6.09. The van der Waals surface area contributed by atoms with Gasteiger partial charge in [-0.1, -0.05) is 42.5 Å².